The van der Waals surface area contributed by atoms with E-state index in [0.717, 1.165) is 6.61 Å². The van der Waals surface area contributed by atoms with Gasteiger partial charge in [-0.3, -0.25) is 0 Å². The fourth-order valence-electron chi connectivity index (χ4n) is 3.41. The van der Waals surface area contributed by atoms with E-state index in [4.69, 9.17) is 10.5 Å². The zero-order valence-electron chi connectivity index (χ0n) is 12.0. The first-order valence-electron chi connectivity index (χ1n) is 7.59. The number of hydrogen-bond donors (Lipinski definition) is 1. The molecule has 0 bridgehead atoms. The minimum atomic E-state index is -0.0259. The van der Waals surface area contributed by atoms with E-state index in [1.54, 1.807) is 0 Å². The largest absolute Gasteiger partial charge is 0.374 e. The lowest BCUT2D eigenvalue weighted by molar-refractivity contribution is -0.0813. The summed E-state index contributed by atoms with van der Waals surface area (Å²) in [6, 6.07) is 0.218. The highest BCUT2D eigenvalue weighted by Crippen LogP contribution is 2.36. The van der Waals surface area contributed by atoms with Crippen molar-refractivity contribution in [3.63, 3.8) is 0 Å². The van der Waals surface area contributed by atoms with Gasteiger partial charge in [-0.25, -0.2) is 0 Å². The summed E-state index contributed by atoms with van der Waals surface area (Å²) in [5.41, 5.74) is 6.55. The summed E-state index contributed by atoms with van der Waals surface area (Å²) >= 11 is 0. The molecule has 0 spiro atoms. The molecule has 1 aliphatic carbocycles. The highest BCUT2D eigenvalue weighted by atomic mass is 16.5. The maximum Gasteiger partial charge on any atom is 0.0835 e. The van der Waals surface area contributed by atoms with E-state index >= 15 is 0 Å². The smallest absolute Gasteiger partial charge is 0.0835 e. The Morgan fingerprint density at radius 3 is 1.94 bits per heavy atom. The van der Waals surface area contributed by atoms with Crippen LogP contribution in [-0.4, -0.2) is 18.2 Å². The summed E-state index contributed by atoms with van der Waals surface area (Å²) in [4.78, 5) is 0. The number of hydrogen-bond acceptors (Lipinski definition) is 2. The standard InChI is InChI=1S/C15H31NO/c1-4-13(5-2)14(16)15(17-6-3)11-9-7-8-10-12-15/h13-14H,4-12,16H2,1-3H3. The highest BCUT2D eigenvalue weighted by molar-refractivity contribution is 4.95. The van der Waals surface area contributed by atoms with Gasteiger partial charge >= 0.3 is 0 Å². The van der Waals surface area contributed by atoms with Gasteiger partial charge in [-0.15, -0.1) is 0 Å². The third-order valence-electron chi connectivity index (χ3n) is 4.55. The van der Waals surface area contributed by atoms with Crippen molar-refractivity contribution < 1.29 is 4.74 Å². The second kappa shape index (κ2) is 7.38. The Morgan fingerprint density at radius 2 is 1.53 bits per heavy atom. The lowest BCUT2D eigenvalue weighted by Crippen LogP contribution is -2.53. The molecule has 0 heterocycles. The van der Waals surface area contributed by atoms with Crippen molar-refractivity contribution in [2.75, 3.05) is 6.61 Å². The summed E-state index contributed by atoms with van der Waals surface area (Å²) in [7, 11) is 0. The van der Waals surface area contributed by atoms with Gasteiger partial charge < -0.3 is 10.5 Å². The number of rotatable bonds is 6. The van der Waals surface area contributed by atoms with Crippen LogP contribution in [0.25, 0.3) is 0 Å². The van der Waals surface area contributed by atoms with Crippen LogP contribution in [0.4, 0.5) is 0 Å². The molecular formula is C15H31NO. The van der Waals surface area contributed by atoms with E-state index in [1.165, 1.54) is 51.4 Å². The summed E-state index contributed by atoms with van der Waals surface area (Å²) in [6.07, 6.45) is 9.95. The Morgan fingerprint density at radius 1 is 1.00 bits per heavy atom. The van der Waals surface area contributed by atoms with E-state index in [0.29, 0.717) is 5.92 Å². The Balaban J connectivity index is 2.79. The van der Waals surface area contributed by atoms with Crippen molar-refractivity contribution in [2.45, 2.75) is 83.8 Å². The first-order valence-corrected chi connectivity index (χ1v) is 7.59. The van der Waals surface area contributed by atoms with Crippen LogP contribution >= 0.6 is 0 Å². The van der Waals surface area contributed by atoms with Gasteiger partial charge in [0.1, 0.15) is 0 Å². The van der Waals surface area contributed by atoms with Crippen molar-refractivity contribution in [1.29, 1.82) is 0 Å². The lowest BCUT2D eigenvalue weighted by atomic mass is 9.77. The lowest BCUT2D eigenvalue weighted by Gasteiger charge is -2.41. The Bertz CT molecular complexity index is 193. The van der Waals surface area contributed by atoms with Crippen molar-refractivity contribution in [3.8, 4) is 0 Å². The van der Waals surface area contributed by atoms with Gasteiger partial charge in [0.15, 0.2) is 0 Å². The quantitative estimate of drug-likeness (QED) is 0.716. The average Bonchev–Trinajstić information content (AvgIpc) is 2.57. The number of nitrogens with two attached hydrogens (primary N) is 1. The van der Waals surface area contributed by atoms with Crippen LogP contribution in [0.2, 0.25) is 0 Å². The molecule has 0 aliphatic heterocycles. The van der Waals surface area contributed by atoms with Gasteiger partial charge in [0, 0.05) is 12.6 Å². The second-order valence-corrected chi connectivity index (χ2v) is 5.51. The molecule has 0 amide bonds. The van der Waals surface area contributed by atoms with Crippen LogP contribution < -0.4 is 5.73 Å². The summed E-state index contributed by atoms with van der Waals surface area (Å²) in [6.45, 7) is 7.41. The average molecular weight is 241 g/mol. The van der Waals surface area contributed by atoms with Gasteiger partial charge in [0.25, 0.3) is 0 Å². The van der Waals surface area contributed by atoms with Crippen molar-refractivity contribution in [1.82, 2.24) is 0 Å². The van der Waals surface area contributed by atoms with E-state index < -0.39 is 0 Å². The van der Waals surface area contributed by atoms with Gasteiger partial charge in [-0.2, -0.15) is 0 Å². The molecule has 0 aromatic rings. The predicted octanol–water partition coefficient (Wildman–Crippen LogP) is 3.88. The molecule has 2 heteroatoms. The molecule has 0 aromatic heterocycles. The molecule has 0 aromatic carbocycles. The molecule has 102 valence electrons. The molecule has 17 heavy (non-hydrogen) atoms. The third-order valence-corrected chi connectivity index (χ3v) is 4.55. The molecule has 1 saturated carbocycles. The third kappa shape index (κ3) is 3.69. The Hall–Kier alpha value is -0.0800. The predicted molar refractivity (Wildman–Crippen MR) is 74.1 cm³/mol. The van der Waals surface area contributed by atoms with Crippen LogP contribution in [0.5, 0.6) is 0 Å². The highest BCUT2D eigenvalue weighted by Gasteiger charge is 2.40. The normalized spacial score (nSPS) is 22.4. The molecule has 2 N–H and O–H groups in total. The topological polar surface area (TPSA) is 35.2 Å². The van der Waals surface area contributed by atoms with Crippen molar-refractivity contribution in [2.24, 2.45) is 11.7 Å². The fourth-order valence-corrected chi connectivity index (χ4v) is 3.41. The van der Waals surface area contributed by atoms with Crippen LogP contribution in [0.1, 0.15) is 72.1 Å². The van der Waals surface area contributed by atoms with E-state index in [-0.39, 0.29) is 11.6 Å². The molecular weight excluding hydrogens is 210 g/mol. The Kier molecular flexibility index (Phi) is 6.50. The summed E-state index contributed by atoms with van der Waals surface area (Å²) < 4.78 is 6.17. The molecule has 1 rings (SSSR count). The van der Waals surface area contributed by atoms with Gasteiger partial charge in [-0.05, 0) is 25.7 Å². The molecule has 1 atom stereocenters. The van der Waals surface area contributed by atoms with Crippen LogP contribution in [0.3, 0.4) is 0 Å². The molecule has 1 unspecified atom stereocenters. The van der Waals surface area contributed by atoms with Gasteiger partial charge in [0.05, 0.1) is 5.60 Å². The molecule has 0 radical (unpaired) electrons. The zero-order valence-corrected chi connectivity index (χ0v) is 12.0. The van der Waals surface area contributed by atoms with Crippen molar-refractivity contribution in [3.05, 3.63) is 0 Å². The minimum absolute atomic E-state index is 0.0259. The van der Waals surface area contributed by atoms with Crippen LogP contribution in [0, 0.1) is 5.92 Å². The monoisotopic (exact) mass is 241 g/mol. The molecule has 1 fully saturated rings. The van der Waals surface area contributed by atoms with E-state index in [1.807, 2.05) is 0 Å². The second-order valence-electron chi connectivity index (χ2n) is 5.51. The van der Waals surface area contributed by atoms with E-state index in [2.05, 4.69) is 20.8 Å². The fraction of sp³-hybridized carbons (Fsp3) is 1.00. The van der Waals surface area contributed by atoms with Crippen LogP contribution in [0.15, 0.2) is 0 Å². The Labute approximate surface area is 107 Å². The zero-order chi connectivity index (χ0) is 12.7. The van der Waals surface area contributed by atoms with E-state index in [9.17, 15) is 0 Å². The molecule has 2 nitrogen and oxygen atoms in total. The van der Waals surface area contributed by atoms with Crippen molar-refractivity contribution >= 4 is 0 Å². The molecule has 0 saturated heterocycles. The number of ether oxygens (including phenoxy) is 1. The maximum atomic E-state index is 6.58. The first kappa shape index (κ1) is 15.0. The van der Waals surface area contributed by atoms with Crippen LogP contribution in [-0.2, 0) is 4.74 Å². The minimum Gasteiger partial charge on any atom is -0.374 e. The summed E-state index contributed by atoms with van der Waals surface area (Å²) in [5, 5.41) is 0. The summed E-state index contributed by atoms with van der Waals surface area (Å²) in [5.74, 6) is 0.611. The van der Waals surface area contributed by atoms with Gasteiger partial charge in [0.2, 0.25) is 0 Å². The molecule has 1 aliphatic rings. The van der Waals surface area contributed by atoms with Gasteiger partial charge in [-0.1, -0.05) is 52.4 Å². The maximum absolute atomic E-state index is 6.58. The first-order chi connectivity index (χ1) is 8.20. The SMILES string of the molecule is CCOC1(C(N)C(CC)CC)CCCCCC1.